The summed E-state index contributed by atoms with van der Waals surface area (Å²) in [6, 6.07) is 6.50. The van der Waals surface area contributed by atoms with Gasteiger partial charge < -0.3 is 15.5 Å². The number of carbonyl (C=O) groups excluding carboxylic acids is 2. The molecule has 0 unspecified atom stereocenters. The lowest BCUT2D eigenvalue weighted by molar-refractivity contribution is -0.139. The van der Waals surface area contributed by atoms with E-state index in [1.54, 1.807) is 0 Å². The van der Waals surface area contributed by atoms with E-state index in [0.29, 0.717) is 6.54 Å². The van der Waals surface area contributed by atoms with Crippen molar-refractivity contribution in [3.05, 3.63) is 29.3 Å². The number of nitrogens with one attached hydrogen (secondary N) is 2. The monoisotopic (exact) mass is 317 g/mol. The molecule has 23 heavy (non-hydrogen) atoms. The number of amides is 2. The molecule has 1 aromatic carbocycles. The van der Waals surface area contributed by atoms with Crippen molar-refractivity contribution in [2.75, 3.05) is 24.5 Å². The molecule has 0 radical (unpaired) electrons. The summed E-state index contributed by atoms with van der Waals surface area (Å²) in [5.41, 5.74) is 3.92. The van der Waals surface area contributed by atoms with Gasteiger partial charge in [-0.15, -0.1) is 0 Å². The molecule has 0 aromatic heterocycles. The lowest BCUT2D eigenvalue weighted by Gasteiger charge is -2.30. The molecule has 5 nitrogen and oxygen atoms in total. The van der Waals surface area contributed by atoms with Gasteiger partial charge in [0.2, 0.25) is 0 Å². The highest BCUT2D eigenvalue weighted by Gasteiger charge is 2.16. The first-order valence-electron chi connectivity index (χ1n) is 8.46. The summed E-state index contributed by atoms with van der Waals surface area (Å²) in [5, 5.41) is 5.26. The summed E-state index contributed by atoms with van der Waals surface area (Å²) in [5.74, 6) is -1.13. The first-order chi connectivity index (χ1) is 11.0. The van der Waals surface area contributed by atoms with Crippen LogP contribution in [0, 0.1) is 0 Å². The molecule has 5 heteroatoms. The zero-order chi connectivity index (χ0) is 16.8. The minimum Gasteiger partial charge on any atom is -0.372 e. The van der Waals surface area contributed by atoms with Crippen LogP contribution in [0.2, 0.25) is 0 Å². The van der Waals surface area contributed by atoms with Crippen LogP contribution in [0.25, 0.3) is 0 Å². The second kappa shape index (κ2) is 7.99. The third-order valence-electron chi connectivity index (χ3n) is 4.07. The molecular formula is C18H27N3O2. The number of carbonyl (C=O) groups is 2. The first kappa shape index (κ1) is 17.3. The van der Waals surface area contributed by atoms with Gasteiger partial charge in [0, 0.05) is 31.4 Å². The predicted octanol–water partition coefficient (Wildman–Crippen LogP) is 1.64. The second-order valence-electron chi connectivity index (χ2n) is 6.28. The molecular weight excluding hydrogens is 290 g/mol. The van der Waals surface area contributed by atoms with Crippen molar-refractivity contribution in [3.63, 3.8) is 0 Å². The van der Waals surface area contributed by atoms with Crippen LogP contribution < -0.4 is 15.5 Å². The number of rotatable bonds is 5. The number of hydrogen-bond donors (Lipinski definition) is 2. The van der Waals surface area contributed by atoms with Crippen LogP contribution in [0.1, 0.15) is 38.3 Å². The van der Waals surface area contributed by atoms with Crippen molar-refractivity contribution in [2.24, 2.45) is 0 Å². The Morgan fingerprint density at radius 2 is 2.04 bits per heavy atom. The minimum absolute atomic E-state index is 0.0320. The molecule has 2 rings (SSSR count). The van der Waals surface area contributed by atoms with E-state index < -0.39 is 11.8 Å². The SMILES string of the molecule is CCN1CCCc2cc(CCNC(=O)C(=O)NC(C)C)ccc21. The van der Waals surface area contributed by atoms with Crippen molar-refractivity contribution in [1.29, 1.82) is 0 Å². The number of anilines is 1. The Bertz CT molecular complexity index is 569. The van der Waals surface area contributed by atoms with E-state index in [1.807, 2.05) is 13.8 Å². The van der Waals surface area contributed by atoms with Gasteiger partial charge in [0.25, 0.3) is 0 Å². The number of fused-ring (bicyclic) bond motifs is 1. The number of benzene rings is 1. The summed E-state index contributed by atoms with van der Waals surface area (Å²) in [6.45, 7) is 8.48. The Balaban J connectivity index is 1.87. The van der Waals surface area contributed by atoms with E-state index in [9.17, 15) is 9.59 Å². The zero-order valence-corrected chi connectivity index (χ0v) is 14.3. The van der Waals surface area contributed by atoms with E-state index >= 15 is 0 Å². The van der Waals surface area contributed by atoms with Crippen LogP contribution in [0.5, 0.6) is 0 Å². The summed E-state index contributed by atoms with van der Waals surface area (Å²) in [6.07, 6.45) is 3.04. The molecule has 1 aromatic rings. The summed E-state index contributed by atoms with van der Waals surface area (Å²) in [7, 11) is 0. The van der Waals surface area contributed by atoms with Gasteiger partial charge in [-0.1, -0.05) is 12.1 Å². The molecule has 0 fully saturated rings. The molecule has 2 amide bonds. The van der Waals surface area contributed by atoms with Gasteiger partial charge in [-0.2, -0.15) is 0 Å². The van der Waals surface area contributed by atoms with E-state index in [1.165, 1.54) is 23.2 Å². The van der Waals surface area contributed by atoms with Gasteiger partial charge >= 0.3 is 11.8 Å². The van der Waals surface area contributed by atoms with Gasteiger partial charge in [-0.05, 0) is 57.2 Å². The minimum atomic E-state index is -0.566. The van der Waals surface area contributed by atoms with Crippen LogP contribution in [-0.2, 0) is 22.4 Å². The molecule has 0 spiro atoms. The largest absolute Gasteiger partial charge is 0.372 e. The Morgan fingerprint density at radius 1 is 1.26 bits per heavy atom. The van der Waals surface area contributed by atoms with E-state index in [0.717, 1.165) is 25.9 Å². The standard InChI is InChI=1S/C18H27N3O2/c1-4-21-11-5-6-15-12-14(7-8-16(15)21)9-10-19-17(22)18(23)20-13(2)3/h7-8,12-13H,4-6,9-11H2,1-3H3,(H,19,22)(H,20,23). The van der Waals surface area contributed by atoms with E-state index in [-0.39, 0.29) is 6.04 Å². The predicted molar refractivity (Wildman–Crippen MR) is 92.6 cm³/mol. The van der Waals surface area contributed by atoms with Crippen LogP contribution in [0.15, 0.2) is 18.2 Å². The van der Waals surface area contributed by atoms with E-state index in [4.69, 9.17) is 0 Å². The average molecular weight is 317 g/mol. The molecule has 126 valence electrons. The quantitative estimate of drug-likeness (QED) is 0.812. The normalized spacial score (nSPS) is 13.7. The molecule has 0 saturated heterocycles. The topological polar surface area (TPSA) is 61.4 Å². The van der Waals surface area contributed by atoms with Gasteiger partial charge in [0.15, 0.2) is 0 Å². The van der Waals surface area contributed by atoms with Crippen LogP contribution >= 0.6 is 0 Å². The fraction of sp³-hybridized carbons (Fsp3) is 0.556. The molecule has 0 saturated carbocycles. The number of nitrogens with zero attached hydrogens (tertiary/aromatic N) is 1. The summed E-state index contributed by atoms with van der Waals surface area (Å²) >= 11 is 0. The maximum atomic E-state index is 11.7. The first-order valence-corrected chi connectivity index (χ1v) is 8.46. The maximum Gasteiger partial charge on any atom is 0.309 e. The van der Waals surface area contributed by atoms with E-state index in [2.05, 4.69) is 40.7 Å². The third kappa shape index (κ3) is 4.71. The smallest absolute Gasteiger partial charge is 0.309 e. The molecule has 0 bridgehead atoms. The fourth-order valence-electron chi connectivity index (χ4n) is 2.94. The molecule has 1 aliphatic rings. The van der Waals surface area contributed by atoms with Crippen molar-refractivity contribution in [1.82, 2.24) is 10.6 Å². The van der Waals surface area contributed by atoms with Crippen molar-refractivity contribution >= 4 is 17.5 Å². The Hall–Kier alpha value is -2.04. The van der Waals surface area contributed by atoms with Crippen LogP contribution in [0.3, 0.4) is 0 Å². The molecule has 1 heterocycles. The second-order valence-corrected chi connectivity index (χ2v) is 6.28. The highest BCUT2D eigenvalue weighted by molar-refractivity contribution is 6.35. The Labute approximate surface area is 138 Å². The summed E-state index contributed by atoms with van der Waals surface area (Å²) in [4.78, 5) is 25.6. The summed E-state index contributed by atoms with van der Waals surface area (Å²) < 4.78 is 0. The highest BCUT2D eigenvalue weighted by atomic mass is 16.2. The van der Waals surface area contributed by atoms with Crippen molar-refractivity contribution < 1.29 is 9.59 Å². The van der Waals surface area contributed by atoms with Crippen LogP contribution in [0.4, 0.5) is 5.69 Å². The average Bonchev–Trinajstić information content (AvgIpc) is 2.53. The third-order valence-corrected chi connectivity index (χ3v) is 4.07. The Morgan fingerprint density at radius 3 is 2.74 bits per heavy atom. The molecule has 1 aliphatic heterocycles. The van der Waals surface area contributed by atoms with Gasteiger partial charge in [-0.25, -0.2) is 0 Å². The van der Waals surface area contributed by atoms with Gasteiger partial charge in [-0.3, -0.25) is 9.59 Å². The lowest BCUT2D eigenvalue weighted by Crippen LogP contribution is -2.43. The Kier molecular flexibility index (Phi) is 6.02. The van der Waals surface area contributed by atoms with Crippen molar-refractivity contribution in [3.8, 4) is 0 Å². The fourth-order valence-corrected chi connectivity index (χ4v) is 2.94. The van der Waals surface area contributed by atoms with Gasteiger partial charge in [0.1, 0.15) is 0 Å². The molecule has 0 atom stereocenters. The number of aryl methyl sites for hydroxylation is 1. The highest BCUT2D eigenvalue weighted by Crippen LogP contribution is 2.27. The zero-order valence-electron chi connectivity index (χ0n) is 14.3. The maximum absolute atomic E-state index is 11.7. The molecule has 2 N–H and O–H groups in total. The van der Waals surface area contributed by atoms with Crippen LogP contribution in [-0.4, -0.2) is 37.5 Å². The van der Waals surface area contributed by atoms with Crippen molar-refractivity contribution in [2.45, 2.75) is 46.1 Å². The molecule has 0 aliphatic carbocycles. The van der Waals surface area contributed by atoms with Gasteiger partial charge in [0.05, 0.1) is 0 Å². The lowest BCUT2D eigenvalue weighted by atomic mass is 9.98. The number of hydrogen-bond acceptors (Lipinski definition) is 3.